The fourth-order valence-corrected chi connectivity index (χ4v) is 4.69. The first-order chi connectivity index (χ1) is 14.0. The molecule has 3 aromatic rings. The zero-order valence-electron chi connectivity index (χ0n) is 15.7. The van der Waals surface area contributed by atoms with Gasteiger partial charge >= 0.3 is 0 Å². The number of pyridine rings is 1. The quantitative estimate of drug-likeness (QED) is 0.699. The minimum Gasteiger partial charge on any atom is -0.368 e. The predicted octanol–water partition coefficient (Wildman–Crippen LogP) is 3.34. The van der Waals surface area contributed by atoms with Crippen LogP contribution in [0.15, 0.2) is 48.2 Å². The highest BCUT2D eigenvalue weighted by Gasteiger charge is 2.40. The Balaban J connectivity index is 1.87. The molecule has 1 unspecified atom stereocenters. The molecular formula is C21H19FN4O2S. The molecule has 1 aliphatic rings. The number of primary amides is 1. The van der Waals surface area contributed by atoms with Crippen LogP contribution in [-0.2, 0) is 11.2 Å². The number of nitrogens with two attached hydrogens (primary N) is 1. The number of carbonyl (C=O) groups is 2. The van der Waals surface area contributed by atoms with Crippen LogP contribution in [0, 0.1) is 12.7 Å². The highest BCUT2D eigenvalue weighted by molar-refractivity contribution is 7.11. The largest absolute Gasteiger partial charge is 0.368 e. The van der Waals surface area contributed by atoms with E-state index >= 15 is 0 Å². The number of hydrogen-bond acceptors (Lipinski definition) is 5. The van der Waals surface area contributed by atoms with Crippen LogP contribution in [0.3, 0.4) is 0 Å². The number of halogens is 1. The third-order valence-corrected chi connectivity index (χ3v) is 6.16. The second-order valence-electron chi connectivity index (χ2n) is 6.93. The first kappa shape index (κ1) is 19.2. The van der Waals surface area contributed by atoms with E-state index in [0.29, 0.717) is 40.1 Å². The van der Waals surface area contributed by atoms with Gasteiger partial charge in [0.1, 0.15) is 16.7 Å². The first-order valence-corrected chi connectivity index (χ1v) is 10.1. The van der Waals surface area contributed by atoms with Crippen molar-refractivity contribution >= 4 is 23.2 Å². The van der Waals surface area contributed by atoms with Crippen molar-refractivity contribution in [2.75, 3.05) is 0 Å². The van der Waals surface area contributed by atoms with Crippen LogP contribution in [0.4, 0.5) is 4.39 Å². The van der Waals surface area contributed by atoms with Crippen LogP contribution in [0.5, 0.6) is 0 Å². The molecule has 0 fully saturated rings. The second kappa shape index (κ2) is 7.71. The smallest absolute Gasteiger partial charge is 0.267 e. The minimum absolute atomic E-state index is 0.302. The molecule has 0 spiro atoms. The Morgan fingerprint density at radius 3 is 2.79 bits per heavy atom. The number of rotatable bonds is 5. The van der Waals surface area contributed by atoms with Crippen molar-refractivity contribution in [2.45, 2.75) is 31.8 Å². The molecule has 2 amide bonds. The summed E-state index contributed by atoms with van der Waals surface area (Å²) in [6, 6.07) is 6.73. The topological polar surface area (TPSA) is 89.2 Å². The van der Waals surface area contributed by atoms with Gasteiger partial charge in [-0.25, -0.2) is 9.37 Å². The lowest BCUT2D eigenvalue weighted by Crippen LogP contribution is -2.43. The number of carbonyl (C=O) groups excluding carboxylic acids is 2. The zero-order valence-corrected chi connectivity index (χ0v) is 16.5. The predicted molar refractivity (Wildman–Crippen MR) is 107 cm³/mol. The summed E-state index contributed by atoms with van der Waals surface area (Å²) in [5, 5.41) is 0. The molecule has 148 valence electrons. The number of nitrogens with zero attached hydrogens (tertiary/aromatic N) is 3. The average Bonchev–Trinajstić information content (AvgIpc) is 3.33. The Hall–Kier alpha value is -3.13. The van der Waals surface area contributed by atoms with E-state index in [0.717, 1.165) is 0 Å². The van der Waals surface area contributed by atoms with Gasteiger partial charge in [0.15, 0.2) is 0 Å². The van der Waals surface area contributed by atoms with Crippen molar-refractivity contribution in [1.82, 2.24) is 14.9 Å². The molecule has 8 heteroatoms. The van der Waals surface area contributed by atoms with Crippen LogP contribution in [-0.4, -0.2) is 26.7 Å². The number of benzene rings is 1. The van der Waals surface area contributed by atoms with Crippen molar-refractivity contribution in [3.05, 3.63) is 81.3 Å². The molecule has 0 aliphatic heterocycles. The molecule has 2 atom stereocenters. The van der Waals surface area contributed by atoms with Gasteiger partial charge in [-0.1, -0.05) is 18.2 Å². The normalized spacial score (nSPS) is 16.3. The standard InChI is InChI=1S/C21H19FN4O2S/c1-12-19(29-11-25-12)21(28)26(18(20(23)27)13-4-3-9-24-10-13)17-8-7-14-15(17)5-2-6-16(14)22/h2-6,9-11,17-18H,7-8H2,1H3,(H2,23,27)/t17-,18?/m1/s1. The molecule has 2 N–H and O–H groups in total. The number of aryl methyl sites for hydroxylation is 1. The average molecular weight is 410 g/mol. The third kappa shape index (κ3) is 3.40. The molecule has 2 heterocycles. The maximum absolute atomic E-state index is 14.3. The van der Waals surface area contributed by atoms with Crippen LogP contribution >= 0.6 is 11.3 Å². The molecule has 0 radical (unpaired) electrons. The SMILES string of the molecule is Cc1ncsc1C(=O)N(C(C(N)=O)c1cccnc1)[C@@H]1CCc2c(F)cccc21. The van der Waals surface area contributed by atoms with Gasteiger partial charge in [-0.15, -0.1) is 11.3 Å². The monoisotopic (exact) mass is 410 g/mol. The van der Waals surface area contributed by atoms with E-state index in [-0.39, 0.29) is 11.7 Å². The van der Waals surface area contributed by atoms with Crippen molar-refractivity contribution in [3.8, 4) is 0 Å². The maximum atomic E-state index is 14.3. The van der Waals surface area contributed by atoms with Gasteiger partial charge in [0.2, 0.25) is 5.91 Å². The number of aromatic nitrogens is 2. The fraction of sp³-hybridized carbons (Fsp3) is 0.238. The highest BCUT2D eigenvalue weighted by atomic mass is 32.1. The zero-order chi connectivity index (χ0) is 20.5. The van der Waals surface area contributed by atoms with E-state index in [1.54, 1.807) is 42.9 Å². The van der Waals surface area contributed by atoms with E-state index in [1.165, 1.54) is 28.5 Å². The lowest BCUT2D eigenvalue weighted by molar-refractivity contribution is -0.123. The number of fused-ring (bicyclic) bond motifs is 1. The summed E-state index contributed by atoms with van der Waals surface area (Å²) in [6.07, 6.45) is 4.10. The van der Waals surface area contributed by atoms with Crippen LogP contribution < -0.4 is 5.73 Å². The minimum atomic E-state index is -1.03. The summed E-state index contributed by atoms with van der Waals surface area (Å²) in [7, 11) is 0. The third-order valence-electron chi connectivity index (χ3n) is 5.24. The van der Waals surface area contributed by atoms with Crippen molar-refractivity contribution < 1.29 is 14.0 Å². The molecule has 2 aromatic heterocycles. The summed E-state index contributed by atoms with van der Waals surface area (Å²) >= 11 is 1.21. The molecule has 29 heavy (non-hydrogen) atoms. The summed E-state index contributed by atoms with van der Waals surface area (Å²) < 4.78 is 14.3. The van der Waals surface area contributed by atoms with Gasteiger partial charge in [0.05, 0.1) is 17.2 Å². The summed E-state index contributed by atoms with van der Waals surface area (Å²) in [6.45, 7) is 1.74. The van der Waals surface area contributed by atoms with Crippen LogP contribution in [0.1, 0.15) is 50.6 Å². The van der Waals surface area contributed by atoms with Gasteiger partial charge < -0.3 is 10.6 Å². The van der Waals surface area contributed by atoms with E-state index in [4.69, 9.17) is 5.73 Å². The first-order valence-electron chi connectivity index (χ1n) is 9.18. The molecule has 0 saturated heterocycles. The molecule has 6 nitrogen and oxygen atoms in total. The molecular weight excluding hydrogens is 391 g/mol. The Morgan fingerprint density at radius 2 is 2.14 bits per heavy atom. The lowest BCUT2D eigenvalue weighted by atomic mass is 10.00. The van der Waals surface area contributed by atoms with Gasteiger partial charge in [0.25, 0.3) is 5.91 Å². The van der Waals surface area contributed by atoms with Gasteiger partial charge in [0, 0.05) is 18.0 Å². The number of hydrogen-bond donors (Lipinski definition) is 1. The summed E-state index contributed by atoms with van der Waals surface area (Å²) in [4.78, 5) is 36.3. The highest BCUT2D eigenvalue weighted by Crippen LogP contribution is 2.42. The molecule has 0 bridgehead atoms. The van der Waals surface area contributed by atoms with Crippen molar-refractivity contribution in [2.24, 2.45) is 5.73 Å². The molecule has 1 aliphatic carbocycles. The molecule has 4 rings (SSSR count). The van der Waals surface area contributed by atoms with E-state index < -0.39 is 18.0 Å². The second-order valence-corrected chi connectivity index (χ2v) is 7.79. The lowest BCUT2D eigenvalue weighted by Gasteiger charge is -2.35. The van der Waals surface area contributed by atoms with Gasteiger partial charge in [-0.05, 0) is 43.0 Å². The van der Waals surface area contributed by atoms with Crippen molar-refractivity contribution in [1.29, 1.82) is 0 Å². The Morgan fingerprint density at radius 1 is 1.31 bits per heavy atom. The number of amides is 2. The summed E-state index contributed by atoms with van der Waals surface area (Å²) in [5.74, 6) is -1.32. The van der Waals surface area contributed by atoms with Crippen LogP contribution in [0.25, 0.3) is 0 Å². The summed E-state index contributed by atoms with van der Waals surface area (Å²) in [5.41, 5.74) is 9.73. The fourth-order valence-electron chi connectivity index (χ4n) is 3.94. The van der Waals surface area contributed by atoms with E-state index in [2.05, 4.69) is 9.97 Å². The molecule has 0 saturated carbocycles. The Kier molecular flexibility index (Phi) is 5.10. The van der Waals surface area contributed by atoms with Gasteiger partial charge in [-0.3, -0.25) is 14.6 Å². The maximum Gasteiger partial charge on any atom is 0.267 e. The Labute approximate surface area is 171 Å². The van der Waals surface area contributed by atoms with Crippen molar-refractivity contribution in [3.63, 3.8) is 0 Å². The number of thiazole rings is 1. The van der Waals surface area contributed by atoms with E-state index in [9.17, 15) is 14.0 Å². The van der Waals surface area contributed by atoms with E-state index in [1.807, 2.05) is 0 Å². The Bertz CT molecular complexity index is 1070. The van der Waals surface area contributed by atoms with Gasteiger partial charge in [-0.2, -0.15) is 0 Å². The van der Waals surface area contributed by atoms with Crippen LogP contribution in [0.2, 0.25) is 0 Å². The molecule has 1 aromatic carbocycles.